The van der Waals surface area contributed by atoms with E-state index in [1.807, 2.05) is 0 Å². The van der Waals surface area contributed by atoms with E-state index >= 15 is 0 Å². The molecule has 1 unspecified atom stereocenters. The molecule has 2 aromatic rings. The number of benzene rings is 2. The zero-order chi connectivity index (χ0) is 18.9. The molecule has 1 amide bonds. The normalized spacial score (nSPS) is 16.7. The summed E-state index contributed by atoms with van der Waals surface area (Å²) in [5.74, 6) is 0.107. The van der Waals surface area contributed by atoms with Crippen molar-refractivity contribution in [3.05, 3.63) is 53.3 Å². The third kappa shape index (κ3) is 3.84. The van der Waals surface area contributed by atoms with Gasteiger partial charge in [0.2, 0.25) is 10.0 Å². The van der Waals surface area contributed by atoms with Crippen molar-refractivity contribution < 1.29 is 22.3 Å². The lowest BCUT2D eigenvalue weighted by Crippen LogP contribution is -2.31. The summed E-state index contributed by atoms with van der Waals surface area (Å²) >= 11 is 1.60. The van der Waals surface area contributed by atoms with E-state index < -0.39 is 15.9 Å². The molecule has 2 aromatic carbocycles. The zero-order valence-electron chi connectivity index (χ0n) is 13.9. The number of primary sulfonamides is 1. The Balaban J connectivity index is 1.93. The number of carbonyl (C=O) groups is 1. The first kappa shape index (κ1) is 18.7. The highest BCUT2D eigenvalue weighted by Crippen LogP contribution is 2.37. The molecule has 3 N–H and O–H groups in total. The smallest absolute Gasteiger partial charge is 0.255 e. The molecule has 1 aliphatic rings. The van der Waals surface area contributed by atoms with E-state index in [-0.39, 0.29) is 28.1 Å². The number of thioether (sulfide) groups is 1. The Labute approximate surface area is 155 Å². The molecule has 0 aliphatic carbocycles. The Hall–Kier alpha value is -2.10. The number of fused-ring (bicyclic) bond motifs is 1. The average Bonchev–Trinajstić information content (AvgIpc) is 2.60. The molecular formula is C17H17FN2O4S2. The van der Waals surface area contributed by atoms with Crippen molar-refractivity contribution in [1.82, 2.24) is 5.32 Å². The van der Waals surface area contributed by atoms with E-state index in [0.717, 1.165) is 10.6 Å². The average molecular weight is 396 g/mol. The van der Waals surface area contributed by atoms with Crippen molar-refractivity contribution in [2.24, 2.45) is 5.14 Å². The second-order valence-corrected chi connectivity index (χ2v) is 8.45. The number of sulfonamides is 1. The van der Waals surface area contributed by atoms with E-state index in [1.165, 1.54) is 37.4 Å². The maximum absolute atomic E-state index is 13.6. The van der Waals surface area contributed by atoms with E-state index in [9.17, 15) is 17.6 Å². The van der Waals surface area contributed by atoms with Gasteiger partial charge < -0.3 is 10.1 Å². The molecule has 0 spiro atoms. The van der Waals surface area contributed by atoms with Crippen LogP contribution in [0.5, 0.6) is 5.75 Å². The molecule has 1 heterocycles. The first-order valence-electron chi connectivity index (χ1n) is 7.73. The number of methoxy groups -OCH3 is 1. The fraction of sp³-hybridized carbons (Fsp3) is 0.235. The molecule has 0 aromatic heterocycles. The maximum atomic E-state index is 13.6. The number of rotatable bonds is 4. The number of ether oxygens (including phenoxy) is 1. The summed E-state index contributed by atoms with van der Waals surface area (Å²) in [4.78, 5) is 13.5. The van der Waals surface area contributed by atoms with Crippen LogP contribution in [0.25, 0.3) is 0 Å². The van der Waals surface area contributed by atoms with Gasteiger partial charge in [0.1, 0.15) is 11.6 Å². The third-order valence-corrected chi connectivity index (χ3v) is 6.09. The molecule has 9 heteroatoms. The minimum absolute atomic E-state index is 0.0511. The van der Waals surface area contributed by atoms with Crippen LogP contribution < -0.4 is 15.2 Å². The lowest BCUT2D eigenvalue weighted by atomic mass is 10.0. The lowest BCUT2D eigenvalue weighted by Gasteiger charge is -2.26. The van der Waals surface area contributed by atoms with Gasteiger partial charge in [-0.25, -0.2) is 17.9 Å². The topological polar surface area (TPSA) is 98.5 Å². The first-order valence-corrected chi connectivity index (χ1v) is 10.3. The van der Waals surface area contributed by atoms with Gasteiger partial charge in [-0.3, -0.25) is 4.79 Å². The maximum Gasteiger partial charge on any atom is 0.255 e. The van der Waals surface area contributed by atoms with Gasteiger partial charge in [0.05, 0.1) is 23.6 Å². The Morgan fingerprint density at radius 3 is 2.77 bits per heavy atom. The molecule has 3 rings (SSSR count). The fourth-order valence-corrected chi connectivity index (χ4v) is 4.44. The monoisotopic (exact) mass is 396 g/mol. The molecule has 0 radical (unpaired) electrons. The van der Waals surface area contributed by atoms with Crippen molar-refractivity contribution in [3.8, 4) is 5.75 Å². The Kier molecular flexibility index (Phi) is 5.22. The van der Waals surface area contributed by atoms with Gasteiger partial charge in [0.25, 0.3) is 5.91 Å². The minimum atomic E-state index is -3.96. The van der Waals surface area contributed by atoms with Gasteiger partial charge in [-0.1, -0.05) is 0 Å². The summed E-state index contributed by atoms with van der Waals surface area (Å²) in [6.45, 7) is 0. The zero-order valence-corrected chi connectivity index (χ0v) is 15.5. The summed E-state index contributed by atoms with van der Waals surface area (Å²) in [6, 6.07) is 7.92. The van der Waals surface area contributed by atoms with Gasteiger partial charge in [-0.2, -0.15) is 0 Å². The molecule has 0 bridgehead atoms. The SMILES string of the molecule is COc1ccc(S(N)(=O)=O)cc1C(=O)NC1CCSc2ccc(F)cc21. The van der Waals surface area contributed by atoms with Crippen molar-refractivity contribution >= 4 is 27.7 Å². The number of hydrogen-bond donors (Lipinski definition) is 2. The summed E-state index contributed by atoms with van der Waals surface area (Å²) in [7, 11) is -2.58. The van der Waals surface area contributed by atoms with Crippen molar-refractivity contribution in [2.75, 3.05) is 12.9 Å². The number of hydrogen-bond acceptors (Lipinski definition) is 5. The van der Waals surface area contributed by atoms with Crippen LogP contribution >= 0.6 is 11.8 Å². The van der Waals surface area contributed by atoms with Crippen molar-refractivity contribution in [2.45, 2.75) is 22.3 Å². The standard InChI is InChI=1S/C17H17FN2O4S2/c1-24-15-4-3-11(26(19,22)23)9-13(15)17(21)20-14-6-7-25-16-5-2-10(18)8-12(14)16/h2-5,8-9,14H,6-7H2,1H3,(H,20,21)(H2,19,22,23). The number of carbonyl (C=O) groups excluding carboxylic acids is 1. The van der Waals surface area contributed by atoms with E-state index in [2.05, 4.69) is 5.32 Å². The van der Waals surface area contributed by atoms with E-state index in [4.69, 9.17) is 9.88 Å². The largest absolute Gasteiger partial charge is 0.496 e. The molecule has 1 aliphatic heterocycles. The first-order chi connectivity index (χ1) is 12.3. The second-order valence-electron chi connectivity index (χ2n) is 5.75. The van der Waals surface area contributed by atoms with Crippen LogP contribution in [0.1, 0.15) is 28.4 Å². The Bertz CT molecular complexity index is 963. The summed E-state index contributed by atoms with van der Waals surface area (Å²) in [5, 5.41) is 7.97. The van der Waals surface area contributed by atoms with Crippen LogP contribution in [0, 0.1) is 5.82 Å². The van der Waals surface area contributed by atoms with Crippen LogP contribution in [0.3, 0.4) is 0 Å². The van der Waals surface area contributed by atoms with Crippen LogP contribution in [0.15, 0.2) is 46.2 Å². The second kappa shape index (κ2) is 7.26. The molecule has 0 saturated carbocycles. The van der Waals surface area contributed by atoms with E-state index in [1.54, 1.807) is 17.8 Å². The quantitative estimate of drug-likeness (QED) is 0.827. The van der Waals surface area contributed by atoms with Crippen LogP contribution in [0.2, 0.25) is 0 Å². The number of nitrogens with one attached hydrogen (secondary N) is 1. The highest BCUT2D eigenvalue weighted by atomic mass is 32.2. The molecule has 6 nitrogen and oxygen atoms in total. The van der Waals surface area contributed by atoms with Gasteiger partial charge >= 0.3 is 0 Å². The fourth-order valence-electron chi connectivity index (χ4n) is 2.79. The van der Waals surface area contributed by atoms with Crippen molar-refractivity contribution in [3.63, 3.8) is 0 Å². The lowest BCUT2D eigenvalue weighted by molar-refractivity contribution is 0.0931. The summed E-state index contributed by atoms with van der Waals surface area (Å²) in [6.07, 6.45) is 0.629. The van der Waals surface area contributed by atoms with Crippen LogP contribution in [-0.2, 0) is 10.0 Å². The highest BCUT2D eigenvalue weighted by molar-refractivity contribution is 7.99. The predicted molar refractivity (Wildman–Crippen MR) is 96.3 cm³/mol. The Morgan fingerprint density at radius 1 is 1.31 bits per heavy atom. The summed E-state index contributed by atoms with van der Waals surface area (Å²) in [5.41, 5.74) is 0.756. The van der Waals surface area contributed by atoms with Crippen molar-refractivity contribution in [1.29, 1.82) is 0 Å². The van der Waals surface area contributed by atoms with E-state index in [0.29, 0.717) is 12.0 Å². The number of nitrogens with two attached hydrogens (primary N) is 1. The van der Waals surface area contributed by atoms with Gasteiger partial charge in [-0.05, 0) is 48.4 Å². The van der Waals surface area contributed by atoms with Gasteiger partial charge in [-0.15, -0.1) is 11.8 Å². The molecule has 0 fully saturated rings. The van der Waals surface area contributed by atoms with Crippen LogP contribution in [0.4, 0.5) is 4.39 Å². The van der Waals surface area contributed by atoms with Crippen LogP contribution in [-0.4, -0.2) is 27.2 Å². The molecule has 0 saturated heterocycles. The molecular weight excluding hydrogens is 379 g/mol. The molecule has 26 heavy (non-hydrogen) atoms. The number of halogens is 1. The number of amides is 1. The predicted octanol–water partition coefficient (Wildman–Crippen LogP) is 2.45. The minimum Gasteiger partial charge on any atom is -0.496 e. The van der Waals surface area contributed by atoms with Gasteiger partial charge in [0.15, 0.2) is 0 Å². The summed E-state index contributed by atoms with van der Waals surface area (Å²) < 4.78 is 41.9. The molecule has 1 atom stereocenters. The highest BCUT2D eigenvalue weighted by Gasteiger charge is 2.25. The third-order valence-electron chi connectivity index (χ3n) is 4.06. The Morgan fingerprint density at radius 2 is 2.08 bits per heavy atom. The molecule has 138 valence electrons. The van der Waals surface area contributed by atoms with Gasteiger partial charge in [0, 0.05) is 10.6 Å².